The molecule has 0 heterocycles. The summed E-state index contributed by atoms with van der Waals surface area (Å²) in [7, 11) is -3.33. The van der Waals surface area contributed by atoms with E-state index in [0.717, 1.165) is 6.42 Å². The molecule has 0 aliphatic rings. The van der Waals surface area contributed by atoms with E-state index in [-0.39, 0.29) is 11.2 Å². The van der Waals surface area contributed by atoms with Crippen LogP contribution in [0.15, 0.2) is 24.3 Å². The summed E-state index contributed by atoms with van der Waals surface area (Å²) in [4.78, 5) is 0. The van der Waals surface area contributed by atoms with Gasteiger partial charge in [-0.3, -0.25) is 0 Å². The van der Waals surface area contributed by atoms with E-state index in [1.165, 1.54) is 0 Å². The molecule has 0 amide bonds. The van der Waals surface area contributed by atoms with Crippen LogP contribution in [0.25, 0.3) is 0 Å². The summed E-state index contributed by atoms with van der Waals surface area (Å²) in [5.41, 5.74) is 6.86. The van der Waals surface area contributed by atoms with E-state index < -0.39 is 10.0 Å². The van der Waals surface area contributed by atoms with Crippen molar-refractivity contribution in [2.24, 2.45) is 5.41 Å². The molecule has 0 saturated carbocycles. The largest absolute Gasteiger partial charge is 0.398 e. The summed E-state index contributed by atoms with van der Waals surface area (Å²) in [6.45, 7) is 6.56. The smallest absolute Gasteiger partial charge is 0.215 e. The second-order valence-corrected chi connectivity index (χ2v) is 7.10. The van der Waals surface area contributed by atoms with Crippen LogP contribution in [0.1, 0.15) is 32.8 Å². The van der Waals surface area contributed by atoms with Gasteiger partial charge in [-0.05, 0) is 23.5 Å². The highest BCUT2D eigenvalue weighted by Gasteiger charge is 2.20. The monoisotopic (exact) mass is 270 g/mol. The number of anilines is 1. The molecule has 3 N–H and O–H groups in total. The summed E-state index contributed by atoms with van der Waals surface area (Å²) in [6, 6.07) is 7.02. The van der Waals surface area contributed by atoms with Gasteiger partial charge in [-0.2, -0.15) is 0 Å². The fourth-order valence-electron chi connectivity index (χ4n) is 1.35. The first-order chi connectivity index (χ1) is 8.26. The average Bonchev–Trinajstić information content (AvgIpc) is 2.30. The number of para-hydroxylation sites is 1. The molecule has 0 unspecified atom stereocenters. The van der Waals surface area contributed by atoms with Crippen LogP contribution in [0, 0.1) is 5.41 Å². The van der Waals surface area contributed by atoms with Crippen molar-refractivity contribution in [1.82, 2.24) is 4.72 Å². The van der Waals surface area contributed by atoms with Crippen molar-refractivity contribution in [1.29, 1.82) is 0 Å². The maximum atomic E-state index is 11.9. The third-order valence-electron chi connectivity index (χ3n) is 3.13. The normalized spacial score (nSPS) is 12.6. The summed E-state index contributed by atoms with van der Waals surface area (Å²) >= 11 is 0. The lowest BCUT2D eigenvalue weighted by Gasteiger charge is -2.22. The molecule has 18 heavy (non-hydrogen) atoms. The first-order valence-electron chi connectivity index (χ1n) is 6.06. The van der Waals surface area contributed by atoms with Crippen molar-refractivity contribution in [3.63, 3.8) is 0 Å². The summed E-state index contributed by atoms with van der Waals surface area (Å²) in [5, 5.41) is 0. The summed E-state index contributed by atoms with van der Waals surface area (Å²) < 4.78 is 26.5. The zero-order chi connectivity index (χ0) is 13.8. The highest BCUT2D eigenvalue weighted by molar-refractivity contribution is 7.88. The van der Waals surface area contributed by atoms with Crippen LogP contribution >= 0.6 is 0 Å². The number of benzene rings is 1. The average molecular weight is 270 g/mol. The van der Waals surface area contributed by atoms with Gasteiger partial charge in [0, 0.05) is 12.2 Å². The number of hydrogen-bond acceptors (Lipinski definition) is 3. The Bertz CT molecular complexity index is 495. The standard InChI is InChI=1S/C13H22N2O2S/c1-4-13(2,3)10-15-18(16,17)9-11-7-5-6-8-12(11)14/h5-8,15H,4,9-10,14H2,1-3H3. The van der Waals surface area contributed by atoms with Gasteiger partial charge in [0.15, 0.2) is 0 Å². The van der Waals surface area contributed by atoms with Crippen molar-refractivity contribution < 1.29 is 8.42 Å². The van der Waals surface area contributed by atoms with Gasteiger partial charge in [0.05, 0.1) is 5.75 Å². The molecule has 102 valence electrons. The number of hydrogen-bond donors (Lipinski definition) is 2. The van der Waals surface area contributed by atoms with E-state index in [1.807, 2.05) is 20.8 Å². The first-order valence-corrected chi connectivity index (χ1v) is 7.72. The van der Waals surface area contributed by atoms with Crippen molar-refractivity contribution in [2.45, 2.75) is 32.9 Å². The Kier molecular flexibility index (Phi) is 4.76. The van der Waals surface area contributed by atoms with E-state index >= 15 is 0 Å². The van der Waals surface area contributed by atoms with E-state index in [4.69, 9.17) is 5.73 Å². The van der Waals surface area contributed by atoms with Gasteiger partial charge in [0.2, 0.25) is 10.0 Å². The van der Waals surface area contributed by atoms with Crippen LogP contribution in [0.2, 0.25) is 0 Å². The van der Waals surface area contributed by atoms with E-state index in [1.54, 1.807) is 24.3 Å². The highest BCUT2D eigenvalue weighted by atomic mass is 32.2. The van der Waals surface area contributed by atoms with Crippen LogP contribution in [-0.4, -0.2) is 15.0 Å². The molecule has 5 heteroatoms. The second kappa shape index (κ2) is 5.71. The molecule has 0 aromatic heterocycles. The van der Waals surface area contributed by atoms with Gasteiger partial charge in [0.25, 0.3) is 0 Å². The predicted octanol–water partition coefficient (Wildman–Crippen LogP) is 2.12. The number of nitrogens with two attached hydrogens (primary N) is 1. The zero-order valence-electron chi connectivity index (χ0n) is 11.2. The minimum absolute atomic E-state index is 0.0324. The number of nitrogen functional groups attached to an aromatic ring is 1. The summed E-state index contributed by atoms with van der Waals surface area (Å²) in [6.07, 6.45) is 0.920. The minimum atomic E-state index is -3.33. The Balaban J connectivity index is 2.69. The third-order valence-corrected chi connectivity index (χ3v) is 4.40. The molecule has 4 nitrogen and oxygen atoms in total. The predicted molar refractivity (Wildman–Crippen MR) is 75.6 cm³/mol. The van der Waals surface area contributed by atoms with E-state index in [9.17, 15) is 8.42 Å². The molecule has 1 aromatic rings. The van der Waals surface area contributed by atoms with Crippen LogP contribution in [0.4, 0.5) is 5.69 Å². The lowest BCUT2D eigenvalue weighted by molar-refractivity contribution is 0.350. The van der Waals surface area contributed by atoms with E-state index in [2.05, 4.69) is 4.72 Å². The first kappa shape index (κ1) is 15.0. The topological polar surface area (TPSA) is 72.2 Å². The van der Waals surface area contributed by atoms with Crippen LogP contribution in [0.3, 0.4) is 0 Å². The lowest BCUT2D eigenvalue weighted by Crippen LogP contribution is -2.34. The Hall–Kier alpha value is -1.07. The minimum Gasteiger partial charge on any atom is -0.398 e. The molecule has 0 radical (unpaired) electrons. The van der Waals surface area contributed by atoms with Crippen molar-refractivity contribution in [3.8, 4) is 0 Å². The zero-order valence-corrected chi connectivity index (χ0v) is 12.0. The number of sulfonamides is 1. The van der Waals surface area contributed by atoms with Crippen molar-refractivity contribution >= 4 is 15.7 Å². The SMILES string of the molecule is CCC(C)(C)CNS(=O)(=O)Cc1ccccc1N. The number of rotatable bonds is 6. The third kappa shape index (κ3) is 4.66. The molecule has 0 saturated heterocycles. The Labute approximate surface area is 110 Å². The number of nitrogens with one attached hydrogen (secondary N) is 1. The highest BCUT2D eigenvalue weighted by Crippen LogP contribution is 2.19. The van der Waals surface area contributed by atoms with Crippen LogP contribution < -0.4 is 10.5 Å². The Morgan fingerprint density at radius 2 is 1.89 bits per heavy atom. The van der Waals surface area contributed by atoms with Gasteiger partial charge < -0.3 is 5.73 Å². The molecule has 1 aromatic carbocycles. The fraction of sp³-hybridized carbons (Fsp3) is 0.538. The Morgan fingerprint density at radius 1 is 1.28 bits per heavy atom. The summed E-state index contributed by atoms with van der Waals surface area (Å²) in [5.74, 6) is -0.0700. The molecule has 1 rings (SSSR count). The second-order valence-electron chi connectivity index (χ2n) is 5.30. The van der Waals surface area contributed by atoms with Crippen molar-refractivity contribution in [3.05, 3.63) is 29.8 Å². The van der Waals surface area contributed by atoms with Gasteiger partial charge in [-0.25, -0.2) is 13.1 Å². The molecule has 0 aliphatic heterocycles. The van der Waals surface area contributed by atoms with Crippen LogP contribution in [-0.2, 0) is 15.8 Å². The molecular weight excluding hydrogens is 248 g/mol. The van der Waals surface area contributed by atoms with E-state index in [0.29, 0.717) is 17.8 Å². The maximum absolute atomic E-state index is 11.9. The van der Waals surface area contributed by atoms with Gasteiger partial charge >= 0.3 is 0 Å². The molecular formula is C13H22N2O2S. The quantitative estimate of drug-likeness (QED) is 0.778. The fourth-order valence-corrected chi connectivity index (χ4v) is 2.74. The Morgan fingerprint density at radius 3 is 2.44 bits per heavy atom. The maximum Gasteiger partial charge on any atom is 0.215 e. The van der Waals surface area contributed by atoms with Gasteiger partial charge in [-0.1, -0.05) is 39.0 Å². The van der Waals surface area contributed by atoms with Crippen LogP contribution in [0.5, 0.6) is 0 Å². The van der Waals surface area contributed by atoms with Gasteiger partial charge in [0.1, 0.15) is 0 Å². The van der Waals surface area contributed by atoms with Gasteiger partial charge in [-0.15, -0.1) is 0 Å². The van der Waals surface area contributed by atoms with Crippen molar-refractivity contribution in [2.75, 3.05) is 12.3 Å². The molecule has 0 spiro atoms. The molecule has 0 bridgehead atoms. The molecule has 0 fully saturated rings. The lowest BCUT2D eigenvalue weighted by atomic mass is 9.91. The molecule has 0 aliphatic carbocycles. The molecule has 0 atom stereocenters.